The molecule has 1 aromatic carbocycles. The Kier molecular flexibility index (Phi) is 4.62. The molecule has 0 aromatic heterocycles. The number of carboxylic acids is 1. The maximum atomic E-state index is 10.9. The lowest BCUT2D eigenvalue weighted by molar-refractivity contribution is 0.00414. The Morgan fingerprint density at radius 3 is 2.53 bits per heavy atom. The molecule has 0 aliphatic rings. The maximum absolute atomic E-state index is 10.9. The normalized spacial score (nSPS) is 14.4. The van der Waals surface area contributed by atoms with E-state index in [4.69, 9.17) is 10.2 Å². The van der Waals surface area contributed by atoms with Gasteiger partial charge in [0, 0.05) is 6.61 Å². The van der Waals surface area contributed by atoms with Gasteiger partial charge in [-0.1, -0.05) is 12.1 Å². The number of carbonyl (C=O) groups is 1. The van der Waals surface area contributed by atoms with Crippen LogP contribution < -0.4 is 0 Å². The van der Waals surface area contributed by atoms with Crippen LogP contribution in [0.5, 0.6) is 0 Å². The monoisotopic (exact) mass is 240 g/mol. The molecule has 0 fully saturated rings. The number of rotatable bonds is 5. The third-order valence-corrected chi connectivity index (χ3v) is 2.62. The molecule has 5 nitrogen and oxygen atoms in total. The molecular weight excluding hydrogens is 224 g/mol. The molecule has 94 valence electrons. The van der Waals surface area contributed by atoms with Crippen molar-refractivity contribution >= 4 is 5.97 Å². The van der Waals surface area contributed by atoms with Gasteiger partial charge in [0.05, 0.1) is 11.7 Å². The lowest BCUT2D eigenvalue weighted by Crippen LogP contribution is -2.20. The lowest BCUT2D eigenvalue weighted by atomic mass is 9.98. The van der Waals surface area contributed by atoms with Gasteiger partial charge in [-0.25, -0.2) is 4.79 Å². The maximum Gasteiger partial charge on any atom is 0.335 e. The molecule has 17 heavy (non-hydrogen) atoms. The zero-order valence-corrected chi connectivity index (χ0v) is 9.50. The van der Waals surface area contributed by atoms with Gasteiger partial charge in [0.2, 0.25) is 0 Å². The van der Waals surface area contributed by atoms with Gasteiger partial charge in [-0.3, -0.25) is 0 Å². The van der Waals surface area contributed by atoms with Crippen LogP contribution in [0.15, 0.2) is 18.2 Å². The van der Waals surface area contributed by atoms with Crippen LogP contribution >= 0.6 is 0 Å². The van der Waals surface area contributed by atoms with Crippen LogP contribution in [0.25, 0.3) is 0 Å². The summed E-state index contributed by atoms with van der Waals surface area (Å²) in [5.74, 6) is -1.08. The highest BCUT2D eigenvalue weighted by molar-refractivity contribution is 5.89. The van der Waals surface area contributed by atoms with E-state index in [1.165, 1.54) is 6.07 Å². The highest BCUT2D eigenvalue weighted by atomic mass is 16.4. The zero-order valence-electron chi connectivity index (χ0n) is 9.50. The van der Waals surface area contributed by atoms with E-state index in [0.717, 1.165) is 0 Å². The predicted octanol–water partition coefficient (Wildman–Crippen LogP) is 0.470. The number of benzene rings is 1. The summed E-state index contributed by atoms with van der Waals surface area (Å²) in [6, 6.07) is 4.48. The number of hydrogen-bond donors (Lipinski definition) is 4. The van der Waals surface area contributed by atoms with E-state index in [0.29, 0.717) is 11.1 Å². The first-order valence-corrected chi connectivity index (χ1v) is 5.28. The fourth-order valence-electron chi connectivity index (χ4n) is 1.57. The molecule has 2 unspecified atom stereocenters. The van der Waals surface area contributed by atoms with Crippen molar-refractivity contribution in [2.45, 2.75) is 25.6 Å². The van der Waals surface area contributed by atoms with E-state index in [1.807, 2.05) is 0 Å². The van der Waals surface area contributed by atoms with Gasteiger partial charge < -0.3 is 20.4 Å². The Morgan fingerprint density at radius 2 is 2.00 bits per heavy atom. The molecule has 1 aromatic rings. The van der Waals surface area contributed by atoms with E-state index in [9.17, 15) is 15.0 Å². The topological polar surface area (TPSA) is 98.0 Å². The number of aryl methyl sites for hydroxylation is 1. The first-order valence-electron chi connectivity index (χ1n) is 5.28. The third kappa shape index (κ3) is 3.26. The van der Waals surface area contributed by atoms with Crippen LogP contribution in [0, 0.1) is 6.92 Å². The number of aliphatic hydroxyl groups excluding tert-OH is 3. The van der Waals surface area contributed by atoms with Crippen molar-refractivity contribution in [2.75, 3.05) is 6.61 Å². The van der Waals surface area contributed by atoms with E-state index in [2.05, 4.69) is 0 Å². The van der Waals surface area contributed by atoms with E-state index >= 15 is 0 Å². The molecule has 5 heteroatoms. The molecule has 1 rings (SSSR count). The fraction of sp³-hybridized carbons (Fsp3) is 0.417. The summed E-state index contributed by atoms with van der Waals surface area (Å²) in [5.41, 5.74) is 1.01. The molecule has 0 saturated heterocycles. The van der Waals surface area contributed by atoms with E-state index in [-0.39, 0.29) is 18.6 Å². The van der Waals surface area contributed by atoms with Crippen LogP contribution in [-0.2, 0) is 0 Å². The smallest absolute Gasteiger partial charge is 0.335 e. The fourth-order valence-corrected chi connectivity index (χ4v) is 1.57. The van der Waals surface area contributed by atoms with Crippen LogP contribution in [0.1, 0.15) is 34.0 Å². The van der Waals surface area contributed by atoms with Crippen LogP contribution in [-0.4, -0.2) is 39.1 Å². The lowest BCUT2D eigenvalue weighted by Gasteiger charge is -2.18. The van der Waals surface area contributed by atoms with Gasteiger partial charge in [0.15, 0.2) is 0 Å². The Hall–Kier alpha value is -1.43. The highest BCUT2D eigenvalue weighted by Gasteiger charge is 2.19. The molecule has 0 bridgehead atoms. The van der Waals surface area contributed by atoms with Crippen LogP contribution in [0.4, 0.5) is 0 Å². The van der Waals surface area contributed by atoms with Gasteiger partial charge >= 0.3 is 5.97 Å². The minimum absolute atomic E-state index is 0.0391. The summed E-state index contributed by atoms with van der Waals surface area (Å²) < 4.78 is 0. The Labute approximate surface area is 99.0 Å². The van der Waals surface area contributed by atoms with Crippen molar-refractivity contribution < 1.29 is 25.2 Å². The molecular formula is C12H16O5. The van der Waals surface area contributed by atoms with Crippen molar-refractivity contribution in [1.29, 1.82) is 0 Å². The average Bonchev–Trinajstić information content (AvgIpc) is 2.28. The summed E-state index contributed by atoms with van der Waals surface area (Å²) in [6.45, 7) is 1.42. The third-order valence-electron chi connectivity index (χ3n) is 2.62. The Morgan fingerprint density at radius 1 is 1.35 bits per heavy atom. The summed E-state index contributed by atoms with van der Waals surface area (Å²) in [7, 11) is 0. The molecule has 0 aliphatic carbocycles. The van der Waals surface area contributed by atoms with Crippen molar-refractivity contribution in [1.82, 2.24) is 0 Å². The average molecular weight is 240 g/mol. The van der Waals surface area contributed by atoms with Crippen molar-refractivity contribution in [3.63, 3.8) is 0 Å². The second-order valence-corrected chi connectivity index (χ2v) is 3.90. The SMILES string of the molecule is Cc1ccc(C(O)C(O)CCO)cc1C(=O)O. The quantitative estimate of drug-likeness (QED) is 0.599. The number of carboxylic acid groups (broad SMARTS) is 1. The van der Waals surface area contributed by atoms with Crippen LogP contribution in [0.2, 0.25) is 0 Å². The van der Waals surface area contributed by atoms with E-state index in [1.54, 1.807) is 19.1 Å². The number of aliphatic hydroxyl groups is 3. The van der Waals surface area contributed by atoms with Crippen molar-refractivity contribution in [3.8, 4) is 0 Å². The molecule has 0 spiro atoms. The Balaban J connectivity index is 2.99. The summed E-state index contributed by atoms with van der Waals surface area (Å²) in [5, 5.41) is 36.9. The molecule has 0 amide bonds. The minimum Gasteiger partial charge on any atom is -0.478 e. The molecule has 0 heterocycles. The predicted molar refractivity (Wildman–Crippen MR) is 60.8 cm³/mol. The molecule has 0 radical (unpaired) electrons. The van der Waals surface area contributed by atoms with Crippen molar-refractivity contribution in [2.24, 2.45) is 0 Å². The molecule has 2 atom stereocenters. The highest BCUT2D eigenvalue weighted by Crippen LogP contribution is 2.21. The molecule has 0 saturated carbocycles. The zero-order chi connectivity index (χ0) is 13.0. The number of aromatic carboxylic acids is 1. The summed E-state index contributed by atoms with van der Waals surface area (Å²) in [6.07, 6.45) is -2.26. The van der Waals surface area contributed by atoms with Gasteiger partial charge in [-0.05, 0) is 30.5 Å². The Bertz CT molecular complexity index is 402. The second-order valence-electron chi connectivity index (χ2n) is 3.90. The second kappa shape index (κ2) is 5.77. The van der Waals surface area contributed by atoms with Gasteiger partial charge in [0.1, 0.15) is 6.10 Å². The molecule has 0 aliphatic heterocycles. The summed E-state index contributed by atoms with van der Waals surface area (Å²) >= 11 is 0. The standard InChI is InChI=1S/C12H16O5/c1-7-2-3-8(6-9(7)12(16)17)11(15)10(14)4-5-13/h2-3,6,10-11,13-15H,4-5H2,1H3,(H,16,17). The first-order chi connectivity index (χ1) is 7.97. The van der Waals surface area contributed by atoms with Gasteiger partial charge in [0.25, 0.3) is 0 Å². The van der Waals surface area contributed by atoms with Gasteiger partial charge in [-0.2, -0.15) is 0 Å². The minimum atomic E-state index is -1.19. The first kappa shape index (κ1) is 13.6. The molecule has 4 N–H and O–H groups in total. The number of hydrogen-bond acceptors (Lipinski definition) is 4. The largest absolute Gasteiger partial charge is 0.478 e. The van der Waals surface area contributed by atoms with Gasteiger partial charge in [-0.15, -0.1) is 0 Å². The van der Waals surface area contributed by atoms with Crippen LogP contribution in [0.3, 0.4) is 0 Å². The van der Waals surface area contributed by atoms with E-state index < -0.39 is 18.2 Å². The summed E-state index contributed by atoms with van der Waals surface area (Å²) in [4.78, 5) is 10.9. The van der Waals surface area contributed by atoms with Crippen molar-refractivity contribution in [3.05, 3.63) is 34.9 Å².